The minimum atomic E-state index is -2.14. The maximum absolute atomic E-state index is 14.8. The van der Waals surface area contributed by atoms with Gasteiger partial charge >= 0.3 is 5.97 Å². The van der Waals surface area contributed by atoms with Gasteiger partial charge in [-0.25, -0.2) is 4.39 Å². The Morgan fingerprint density at radius 3 is 2.41 bits per heavy atom. The Balaban J connectivity index is 2.49. The van der Waals surface area contributed by atoms with E-state index in [1.165, 1.54) is 25.1 Å². The molecule has 9 nitrogen and oxygen atoms in total. The smallest absolute Gasteiger partial charge is 0.315 e. The molecule has 1 N–H and O–H groups in total. The molecule has 0 spiro atoms. The summed E-state index contributed by atoms with van der Waals surface area (Å²) < 4.78 is 20.1. The third-order valence-electron chi connectivity index (χ3n) is 5.25. The number of halogens is 1. The standard InChI is InChI=1S/C17H15FN2O7/c1-2-16(15(21)22)8-10(19(23)24)7-13(20(25)26)17(16,14-9-27-14)11-5-3-4-6-12(11)18/h3-8,14H,2,9H2,1H3,(H,21,22)/t14?,16-,17-/m0/s1. The topological polar surface area (TPSA) is 136 Å². The molecule has 1 heterocycles. The molecular formula is C17H15FN2O7. The molecule has 0 saturated carbocycles. The monoisotopic (exact) mass is 378 g/mol. The van der Waals surface area contributed by atoms with E-state index in [1.807, 2.05) is 0 Å². The number of aliphatic carboxylic acids is 1. The van der Waals surface area contributed by atoms with Gasteiger partial charge in [0, 0.05) is 11.6 Å². The van der Waals surface area contributed by atoms with E-state index in [1.54, 1.807) is 0 Å². The van der Waals surface area contributed by atoms with E-state index in [4.69, 9.17) is 4.74 Å². The van der Waals surface area contributed by atoms with Gasteiger partial charge in [-0.2, -0.15) is 0 Å². The molecule has 10 heteroatoms. The molecule has 1 aromatic carbocycles. The van der Waals surface area contributed by atoms with Gasteiger partial charge in [0.2, 0.25) is 0 Å². The van der Waals surface area contributed by atoms with Crippen molar-refractivity contribution in [2.45, 2.75) is 24.9 Å². The van der Waals surface area contributed by atoms with Gasteiger partial charge in [-0.15, -0.1) is 0 Å². The minimum Gasteiger partial charge on any atom is -0.481 e. The predicted molar refractivity (Wildman–Crippen MR) is 88.3 cm³/mol. The van der Waals surface area contributed by atoms with E-state index in [0.29, 0.717) is 6.08 Å². The van der Waals surface area contributed by atoms with Crippen LogP contribution in [0.4, 0.5) is 4.39 Å². The Morgan fingerprint density at radius 1 is 1.33 bits per heavy atom. The first kappa shape index (κ1) is 18.6. The number of carboxylic acids is 1. The molecule has 27 heavy (non-hydrogen) atoms. The van der Waals surface area contributed by atoms with Crippen molar-refractivity contribution in [3.05, 3.63) is 79.4 Å². The number of benzene rings is 1. The molecule has 1 aliphatic carbocycles. The van der Waals surface area contributed by atoms with Crippen molar-refractivity contribution in [1.29, 1.82) is 0 Å². The van der Waals surface area contributed by atoms with Crippen molar-refractivity contribution in [2.75, 3.05) is 6.61 Å². The van der Waals surface area contributed by atoms with Gasteiger partial charge in [0.15, 0.2) is 0 Å². The quantitative estimate of drug-likeness (QED) is 0.455. The first-order valence-corrected chi connectivity index (χ1v) is 8.06. The zero-order valence-electron chi connectivity index (χ0n) is 14.1. The summed E-state index contributed by atoms with van der Waals surface area (Å²) >= 11 is 0. The normalized spacial score (nSPS) is 29.5. The second-order valence-electron chi connectivity index (χ2n) is 6.35. The molecule has 2 aliphatic rings. The van der Waals surface area contributed by atoms with Crippen LogP contribution < -0.4 is 0 Å². The van der Waals surface area contributed by atoms with Gasteiger partial charge in [-0.05, 0) is 12.5 Å². The molecule has 1 aliphatic heterocycles. The summed E-state index contributed by atoms with van der Waals surface area (Å²) in [5.41, 5.74) is -5.93. The fraction of sp³-hybridized carbons (Fsp3) is 0.353. The molecule has 3 atom stereocenters. The van der Waals surface area contributed by atoms with Crippen molar-refractivity contribution in [1.82, 2.24) is 0 Å². The first-order valence-electron chi connectivity index (χ1n) is 8.06. The van der Waals surface area contributed by atoms with Gasteiger partial charge in [-0.1, -0.05) is 25.1 Å². The van der Waals surface area contributed by atoms with Crippen LogP contribution in [0.15, 0.2) is 47.8 Å². The van der Waals surface area contributed by atoms with Crippen LogP contribution in [0.25, 0.3) is 0 Å². The van der Waals surface area contributed by atoms with Gasteiger partial charge in [0.05, 0.1) is 22.5 Å². The number of nitro groups is 2. The number of epoxide rings is 1. The van der Waals surface area contributed by atoms with Gasteiger partial charge in [0.25, 0.3) is 11.4 Å². The molecular weight excluding hydrogens is 363 g/mol. The third kappa shape index (κ3) is 2.44. The van der Waals surface area contributed by atoms with Crippen molar-refractivity contribution in [2.24, 2.45) is 5.41 Å². The Kier molecular flexibility index (Phi) is 4.31. The molecule has 0 radical (unpaired) electrons. The Bertz CT molecular complexity index is 908. The second-order valence-corrected chi connectivity index (χ2v) is 6.35. The maximum Gasteiger partial charge on any atom is 0.315 e. The molecule has 0 bridgehead atoms. The lowest BCUT2D eigenvalue weighted by molar-refractivity contribution is -0.448. The first-order chi connectivity index (χ1) is 12.7. The largest absolute Gasteiger partial charge is 0.481 e. The molecule has 1 aromatic rings. The van der Waals surface area contributed by atoms with Gasteiger partial charge in [-0.3, -0.25) is 25.0 Å². The van der Waals surface area contributed by atoms with Crippen LogP contribution in [-0.2, 0) is 14.9 Å². The highest BCUT2D eigenvalue weighted by Crippen LogP contribution is 2.59. The van der Waals surface area contributed by atoms with Crippen LogP contribution in [0.2, 0.25) is 0 Å². The Hall–Kier alpha value is -3.14. The molecule has 1 unspecified atom stereocenters. The summed E-state index contributed by atoms with van der Waals surface area (Å²) in [6, 6.07) is 5.11. The Morgan fingerprint density at radius 2 is 1.96 bits per heavy atom. The summed E-state index contributed by atoms with van der Waals surface area (Å²) in [4.78, 5) is 33.8. The van der Waals surface area contributed by atoms with Crippen LogP contribution in [0.3, 0.4) is 0 Å². The minimum absolute atomic E-state index is 0.0316. The van der Waals surface area contributed by atoms with Crippen molar-refractivity contribution in [3.8, 4) is 0 Å². The number of ether oxygens (including phenoxy) is 1. The van der Waals surface area contributed by atoms with E-state index in [9.17, 15) is 34.5 Å². The van der Waals surface area contributed by atoms with E-state index < -0.39 is 50.0 Å². The van der Waals surface area contributed by atoms with E-state index in [0.717, 1.165) is 12.1 Å². The summed E-state index contributed by atoms with van der Waals surface area (Å²) in [6.45, 7) is 1.40. The second kappa shape index (κ2) is 6.23. The highest BCUT2D eigenvalue weighted by molar-refractivity contribution is 5.82. The summed E-state index contributed by atoms with van der Waals surface area (Å²) in [5, 5.41) is 33.3. The lowest BCUT2D eigenvalue weighted by Crippen LogP contribution is -2.57. The Labute approximate surface area is 152 Å². The van der Waals surface area contributed by atoms with Crippen LogP contribution in [-0.4, -0.2) is 33.6 Å². The highest BCUT2D eigenvalue weighted by atomic mass is 19.1. The molecule has 1 saturated heterocycles. The zero-order valence-corrected chi connectivity index (χ0v) is 14.1. The van der Waals surface area contributed by atoms with Crippen molar-refractivity contribution in [3.63, 3.8) is 0 Å². The number of rotatable bonds is 6. The molecule has 3 rings (SSSR count). The lowest BCUT2D eigenvalue weighted by Gasteiger charge is -2.44. The summed E-state index contributed by atoms with van der Waals surface area (Å²) in [6.07, 6.45) is 0.312. The van der Waals surface area contributed by atoms with Crippen LogP contribution in [0.1, 0.15) is 18.9 Å². The average Bonchev–Trinajstić information content (AvgIpc) is 3.45. The van der Waals surface area contributed by atoms with Crippen LogP contribution in [0.5, 0.6) is 0 Å². The number of nitrogens with zero attached hydrogens (tertiary/aromatic N) is 2. The number of allylic oxidation sites excluding steroid dienone is 1. The highest BCUT2D eigenvalue weighted by Gasteiger charge is 2.72. The fourth-order valence-electron chi connectivity index (χ4n) is 4.04. The number of hydrogen-bond donors (Lipinski definition) is 1. The van der Waals surface area contributed by atoms with Gasteiger partial charge in [0.1, 0.15) is 22.8 Å². The SMILES string of the molecule is CC[C@@]1(C(=O)O)C=C([N+](=O)[O-])C=C([N+](=O)[O-])[C@@]1(c1ccccc1F)C1CO1. The number of carboxylic acid groups (broad SMARTS) is 1. The molecule has 0 amide bonds. The number of carbonyl (C=O) groups is 1. The third-order valence-corrected chi connectivity index (χ3v) is 5.25. The molecule has 142 valence electrons. The molecule has 1 fully saturated rings. The number of hydrogen-bond acceptors (Lipinski definition) is 6. The van der Waals surface area contributed by atoms with E-state index >= 15 is 0 Å². The van der Waals surface area contributed by atoms with Crippen molar-refractivity contribution < 1.29 is 28.9 Å². The fourth-order valence-corrected chi connectivity index (χ4v) is 4.04. The van der Waals surface area contributed by atoms with Crippen molar-refractivity contribution >= 4 is 5.97 Å². The maximum atomic E-state index is 14.8. The average molecular weight is 378 g/mol. The summed E-state index contributed by atoms with van der Waals surface area (Å²) in [5.74, 6) is -2.38. The van der Waals surface area contributed by atoms with Gasteiger partial charge < -0.3 is 9.84 Å². The molecule has 0 aromatic heterocycles. The van der Waals surface area contributed by atoms with Crippen LogP contribution in [0, 0.1) is 31.5 Å². The lowest BCUT2D eigenvalue weighted by atomic mass is 9.53. The summed E-state index contributed by atoms with van der Waals surface area (Å²) in [7, 11) is 0. The van der Waals surface area contributed by atoms with Crippen LogP contribution >= 0.6 is 0 Å². The van der Waals surface area contributed by atoms with E-state index in [2.05, 4.69) is 0 Å². The predicted octanol–water partition coefficient (Wildman–Crippen LogP) is 2.28. The van der Waals surface area contributed by atoms with E-state index in [-0.39, 0.29) is 18.6 Å². The zero-order chi connectivity index (χ0) is 20.0.